The van der Waals surface area contributed by atoms with Gasteiger partial charge in [0, 0.05) is 0 Å². The number of anilines is 1. The maximum absolute atomic E-state index is 11.2. The Morgan fingerprint density at radius 2 is 2.22 bits per heavy atom. The van der Waals surface area contributed by atoms with E-state index in [0.717, 1.165) is 0 Å². The lowest BCUT2D eigenvalue weighted by Gasteiger charge is -2.11. The minimum atomic E-state index is -0.928. The van der Waals surface area contributed by atoms with Gasteiger partial charge in [0.15, 0.2) is 0 Å². The first-order chi connectivity index (χ1) is 8.58. The summed E-state index contributed by atoms with van der Waals surface area (Å²) < 4.78 is 5.06. The van der Waals surface area contributed by atoms with Gasteiger partial charge < -0.3 is 15.8 Å². The number of carbonyl (C=O) groups is 2. The maximum atomic E-state index is 11.2. The van der Waals surface area contributed by atoms with Crippen LogP contribution in [0.5, 0.6) is 5.75 Å². The number of hydrogen-bond acceptors (Lipinski definition) is 5. The molecule has 4 N–H and O–H groups in total. The number of nitrogens with zero attached hydrogens (tertiary/aromatic N) is 1. The van der Waals surface area contributed by atoms with Gasteiger partial charge >= 0.3 is 6.03 Å². The number of primary amides is 1. The van der Waals surface area contributed by atoms with Crippen molar-refractivity contribution < 1.29 is 14.3 Å². The second-order valence-corrected chi connectivity index (χ2v) is 3.26. The zero-order valence-corrected chi connectivity index (χ0v) is 9.69. The molecule has 0 saturated heterocycles. The monoisotopic (exact) mass is 248 g/mol. The van der Waals surface area contributed by atoms with Gasteiger partial charge in [-0.2, -0.15) is 5.26 Å². The molecule has 18 heavy (non-hydrogen) atoms. The van der Waals surface area contributed by atoms with Crippen LogP contribution < -0.4 is 21.1 Å². The Balaban J connectivity index is 2.81. The van der Waals surface area contributed by atoms with E-state index in [9.17, 15) is 9.59 Å². The molecule has 1 rings (SSSR count). The summed E-state index contributed by atoms with van der Waals surface area (Å²) in [4.78, 5) is 21.7. The fraction of sp³-hybridized carbons (Fsp3) is 0.182. The van der Waals surface area contributed by atoms with E-state index in [-0.39, 0.29) is 6.54 Å². The summed E-state index contributed by atoms with van der Waals surface area (Å²) in [5.41, 5.74) is 5.52. The van der Waals surface area contributed by atoms with Crippen molar-refractivity contribution in [1.29, 1.82) is 5.26 Å². The van der Waals surface area contributed by atoms with Crippen LogP contribution in [0.1, 0.15) is 5.56 Å². The summed E-state index contributed by atoms with van der Waals surface area (Å²) >= 11 is 0. The standard InChI is InChI=1S/C11H12N4O3/c1-18-8-4-2-3-7(5-12)10(8)14-6-9(16)15-11(13)17/h2-4,14H,6H2,1H3,(H3,13,15,16,17). The van der Waals surface area contributed by atoms with Gasteiger partial charge in [-0.25, -0.2) is 4.79 Å². The molecule has 7 nitrogen and oxygen atoms in total. The summed E-state index contributed by atoms with van der Waals surface area (Å²) in [7, 11) is 1.45. The molecule has 94 valence electrons. The number of imide groups is 1. The highest BCUT2D eigenvalue weighted by molar-refractivity contribution is 5.95. The summed E-state index contributed by atoms with van der Waals surface area (Å²) in [6.45, 7) is -0.196. The number of urea groups is 1. The van der Waals surface area contributed by atoms with Crippen molar-refractivity contribution in [2.75, 3.05) is 19.0 Å². The van der Waals surface area contributed by atoms with E-state index in [2.05, 4.69) is 5.32 Å². The number of nitriles is 1. The molecule has 0 saturated carbocycles. The molecule has 0 atom stereocenters. The average molecular weight is 248 g/mol. The third-order valence-corrected chi connectivity index (χ3v) is 2.05. The van der Waals surface area contributed by atoms with Crippen molar-refractivity contribution in [3.05, 3.63) is 23.8 Å². The van der Waals surface area contributed by atoms with Crippen molar-refractivity contribution in [2.24, 2.45) is 5.73 Å². The highest BCUT2D eigenvalue weighted by Gasteiger charge is 2.10. The van der Waals surface area contributed by atoms with E-state index in [4.69, 9.17) is 15.7 Å². The van der Waals surface area contributed by atoms with Crippen LogP contribution in [-0.4, -0.2) is 25.6 Å². The molecule has 1 aromatic rings. The number of methoxy groups -OCH3 is 1. The Morgan fingerprint density at radius 1 is 1.50 bits per heavy atom. The number of carbonyl (C=O) groups excluding carboxylic acids is 2. The zero-order chi connectivity index (χ0) is 13.5. The minimum absolute atomic E-state index is 0.196. The lowest BCUT2D eigenvalue weighted by molar-refractivity contribution is -0.118. The van der Waals surface area contributed by atoms with Gasteiger partial charge in [-0.05, 0) is 12.1 Å². The van der Waals surface area contributed by atoms with Crippen LogP contribution in [0.4, 0.5) is 10.5 Å². The molecule has 0 heterocycles. The molecule has 0 fully saturated rings. The second-order valence-electron chi connectivity index (χ2n) is 3.26. The number of amides is 3. The molecular weight excluding hydrogens is 236 g/mol. The molecule has 0 bridgehead atoms. The summed E-state index contributed by atoms with van der Waals surface area (Å²) in [6.07, 6.45) is 0. The van der Waals surface area contributed by atoms with E-state index in [0.29, 0.717) is 17.0 Å². The molecule has 1 aromatic carbocycles. The van der Waals surface area contributed by atoms with Crippen molar-refractivity contribution in [2.45, 2.75) is 0 Å². The van der Waals surface area contributed by atoms with E-state index in [1.54, 1.807) is 18.2 Å². The largest absolute Gasteiger partial charge is 0.495 e. The van der Waals surface area contributed by atoms with E-state index < -0.39 is 11.9 Å². The average Bonchev–Trinajstić information content (AvgIpc) is 2.34. The lowest BCUT2D eigenvalue weighted by Crippen LogP contribution is -2.38. The third-order valence-electron chi connectivity index (χ3n) is 2.05. The first kappa shape index (κ1) is 13.3. The predicted molar refractivity (Wildman–Crippen MR) is 63.9 cm³/mol. The zero-order valence-electron chi connectivity index (χ0n) is 9.69. The summed E-state index contributed by atoms with van der Waals surface area (Å²) in [5.74, 6) is -0.168. The van der Waals surface area contributed by atoms with Gasteiger partial charge in [0.1, 0.15) is 11.8 Å². The first-order valence-corrected chi connectivity index (χ1v) is 4.98. The summed E-state index contributed by atoms with van der Waals surface area (Å²) in [6, 6.07) is 5.93. The highest BCUT2D eigenvalue weighted by Crippen LogP contribution is 2.27. The molecule has 0 aromatic heterocycles. The van der Waals surface area contributed by atoms with Crippen LogP contribution in [0.2, 0.25) is 0 Å². The Kier molecular flexibility index (Phi) is 4.51. The highest BCUT2D eigenvalue weighted by atomic mass is 16.5. The second kappa shape index (κ2) is 6.10. The molecule has 3 amide bonds. The number of nitrogens with two attached hydrogens (primary N) is 1. The number of ether oxygens (including phenoxy) is 1. The molecular formula is C11H12N4O3. The number of nitrogens with one attached hydrogen (secondary N) is 2. The number of benzene rings is 1. The van der Waals surface area contributed by atoms with Crippen molar-refractivity contribution >= 4 is 17.6 Å². The fourth-order valence-electron chi connectivity index (χ4n) is 1.33. The number of para-hydroxylation sites is 1. The van der Waals surface area contributed by atoms with Gasteiger partial charge in [-0.15, -0.1) is 0 Å². The topological polar surface area (TPSA) is 117 Å². The molecule has 7 heteroatoms. The van der Waals surface area contributed by atoms with Gasteiger partial charge in [0.2, 0.25) is 5.91 Å². The predicted octanol–water partition coefficient (Wildman–Crippen LogP) is 0.174. The van der Waals surface area contributed by atoms with Gasteiger partial charge in [-0.3, -0.25) is 10.1 Å². The Morgan fingerprint density at radius 3 is 2.78 bits per heavy atom. The SMILES string of the molecule is COc1cccc(C#N)c1NCC(=O)NC(N)=O. The normalized spacial score (nSPS) is 9.11. The molecule has 0 aliphatic rings. The van der Waals surface area contributed by atoms with Crippen LogP contribution >= 0.6 is 0 Å². The van der Waals surface area contributed by atoms with Crippen LogP contribution in [0.15, 0.2) is 18.2 Å². The van der Waals surface area contributed by atoms with Gasteiger partial charge in [0.25, 0.3) is 0 Å². The number of hydrogen-bond donors (Lipinski definition) is 3. The van der Waals surface area contributed by atoms with Crippen molar-refractivity contribution in [1.82, 2.24) is 5.32 Å². The summed E-state index contributed by atoms with van der Waals surface area (Å²) in [5, 5.41) is 13.6. The van der Waals surface area contributed by atoms with Crippen LogP contribution in [0.25, 0.3) is 0 Å². The van der Waals surface area contributed by atoms with Crippen LogP contribution in [0, 0.1) is 11.3 Å². The van der Waals surface area contributed by atoms with E-state index in [1.807, 2.05) is 11.4 Å². The fourth-order valence-corrected chi connectivity index (χ4v) is 1.33. The molecule has 0 radical (unpaired) electrons. The van der Waals surface area contributed by atoms with E-state index in [1.165, 1.54) is 7.11 Å². The van der Waals surface area contributed by atoms with Gasteiger partial charge in [0.05, 0.1) is 24.9 Å². The first-order valence-electron chi connectivity index (χ1n) is 4.98. The van der Waals surface area contributed by atoms with Gasteiger partial charge in [-0.1, -0.05) is 6.07 Å². The van der Waals surface area contributed by atoms with Crippen LogP contribution in [0.3, 0.4) is 0 Å². The molecule has 0 unspecified atom stereocenters. The van der Waals surface area contributed by atoms with Crippen molar-refractivity contribution in [3.8, 4) is 11.8 Å². The lowest BCUT2D eigenvalue weighted by atomic mass is 10.2. The Labute approximate surface area is 104 Å². The minimum Gasteiger partial charge on any atom is -0.495 e. The molecule has 0 spiro atoms. The molecule has 0 aliphatic heterocycles. The molecule has 0 aliphatic carbocycles. The smallest absolute Gasteiger partial charge is 0.318 e. The Bertz CT molecular complexity index is 508. The number of rotatable bonds is 4. The maximum Gasteiger partial charge on any atom is 0.318 e. The Hall–Kier alpha value is -2.75. The van der Waals surface area contributed by atoms with Crippen molar-refractivity contribution in [3.63, 3.8) is 0 Å². The third kappa shape index (κ3) is 3.38. The van der Waals surface area contributed by atoms with E-state index >= 15 is 0 Å². The van der Waals surface area contributed by atoms with Crippen LogP contribution in [-0.2, 0) is 4.79 Å². The quantitative estimate of drug-likeness (QED) is 0.702.